The number of primary amides is 1. The number of carbonyl (C=O) groups is 1. The summed E-state index contributed by atoms with van der Waals surface area (Å²) in [5.41, 5.74) is 6.05. The minimum atomic E-state index is -0.0980. The number of aliphatic imine (C=N–C) groups is 1. The van der Waals surface area contributed by atoms with E-state index in [1.54, 1.807) is 0 Å². The number of nitrogens with zero attached hydrogens (tertiary/aromatic N) is 2. The Morgan fingerprint density at radius 3 is 1.31 bits per heavy atom. The molecule has 266 valence electrons. The van der Waals surface area contributed by atoms with Crippen LogP contribution in [-0.2, 0) is 4.79 Å². The van der Waals surface area contributed by atoms with Gasteiger partial charge in [0.25, 0.3) is 0 Å². The fourth-order valence-corrected chi connectivity index (χ4v) is 7.44. The van der Waals surface area contributed by atoms with Crippen molar-refractivity contribution < 1.29 is 4.79 Å². The summed E-state index contributed by atoms with van der Waals surface area (Å²) in [6, 6.07) is 0.227. The standard InChI is InChI=1S/C41H81N3O/c1-4-6-8-10-12-14-16-18-20-22-24-26-28-30-32-39(41(42)45)40(44-36-35-43-37-44)34-33-38(3)31-29-27-25-23-21-19-17-15-13-11-9-7-5-2/h37-40H,4-36H2,1-3H3,(H2,42,45). The molecular formula is C41H81N3O. The zero-order valence-corrected chi connectivity index (χ0v) is 31.0. The molecule has 1 amide bonds. The first kappa shape index (κ1) is 42.0. The molecule has 0 aliphatic carbocycles. The molecule has 0 radical (unpaired) electrons. The molecule has 1 heterocycles. The zero-order valence-electron chi connectivity index (χ0n) is 31.0. The molecule has 1 rings (SSSR count). The summed E-state index contributed by atoms with van der Waals surface area (Å²) < 4.78 is 0. The third kappa shape index (κ3) is 24.7. The van der Waals surface area contributed by atoms with Crippen molar-refractivity contribution in [3.8, 4) is 0 Å². The molecule has 0 bridgehead atoms. The van der Waals surface area contributed by atoms with E-state index in [4.69, 9.17) is 5.73 Å². The van der Waals surface area contributed by atoms with Crippen LogP contribution in [0.15, 0.2) is 4.99 Å². The van der Waals surface area contributed by atoms with E-state index in [0.29, 0.717) is 5.92 Å². The number of hydrogen-bond acceptors (Lipinski definition) is 3. The predicted octanol–water partition coefficient (Wildman–Crippen LogP) is 12.6. The number of nitrogens with two attached hydrogens (primary N) is 1. The van der Waals surface area contributed by atoms with Gasteiger partial charge >= 0.3 is 0 Å². The first-order valence-electron chi connectivity index (χ1n) is 20.6. The van der Waals surface area contributed by atoms with Crippen molar-refractivity contribution in [2.45, 2.75) is 226 Å². The molecule has 1 aliphatic heterocycles. The van der Waals surface area contributed by atoms with Crippen LogP contribution in [-0.4, -0.2) is 36.3 Å². The fourth-order valence-electron chi connectivity index (χ4n) is 7.44. The van der Waals surface area contributed by atoms with E-state index in [0.717, 1.165) is 32.4 Å². The Balaban J connectivity index is 2.17. The summed E-state index contributed by atoms with van der Waals surface area (Å²) in [6.45, 7) is 8.81. The van der Waals surface area contributed by atoms with E-state index in [9.17, 15) is 4.79 Å². The van der Waals surface area contributed by atoms with Crippen LogP contribution in [0.1, 0.15) is 220 Å². The normalized spacial score (nSPS) is 15.1. The molecule has 0 saturated carbocycles. The van der Waals surface area contributed by atoms with Gasteiger partial charge in [0.1, 0.15) is 0 Å². The smallest absolute Gasteiger partial charge is 0.222 e. The van der Waals surface area contributed by atoms with Gasteiger partial charge in [-0.15, -0.1) is 0 Å². The molecule has 45 heavy (non-hydrogen) atoms. The second-order valence-electron chi connectivity index (χ2n) is 14.9. The van der Waals surface area contributed by atoms with Crippen molar-refractivity contribution in [1.29, 1.82) is 0 Å². The molecule has 2 N–H and O–H groups in total. The summed E-state index contributed by atoms with van der Waals surface area (Å²) >= 11 is 0. The second kappa shape index (κ2) is 31.5. The molecule has 1 aliphatic rings. The Morgan fingerprint density at radius 1 is 0.578 bits per heavy atom. The minimum Gasteiger partial charge on any atom is -0.369 e. The molecule has 3 atom stereocenters. The third-order valence-electron chi connectivity index (χ3n) is 10.6. The molecule has 0 spiro atoms. The van der Waals surface area contributed by atoms with Crippen molar-refractivity contribution >= 4 is 12.2 Å². The average Bonchev–Trinajstić information content (AvgIpc) is 3.57. The van der Waals surface area contributed by atoms with E-state index in [2.05, 4.69) is 30.7 Å². The van der Waals surface area contributed by atoms with Gasteiger partial charge in [-0.3, -0.25) is 9.79 Å². The number of rotatable bonds is 35. The van der Waals surface area contributed by atoms with Crippen LogP contribution >= 0.6 is 0 Å². The summed E-state index contributed by atoms with van der Waals surface area (Å²) in [6.07, 6.45) is 44.0. The molecular weight excluding hydrogens is 550 g/mol. The van der Waals surface area contributed by atoms with Crippen LogP contribution in [0.25, 0.3) is 0 Å². The van der Waals surface area contributed by atoms with Crippen LogP contribution in [0.5, 0.6) is 0 Å². The van der Waals surface area contributed by atoms with E-state index < -0.39 is 0 Å². The van der Waals surface area contributed by atoms with Crippen molar-refractivity contribution in [2.24, 2.45) is 22.6 Å². The number of unbranched alkanes of at least 4 members (excludes halogenated alkanes) is 25. The molecule has 0 aromatic rings. The molecule has 3 unspecified atom stereocenters. The minimum absolute atomic E-state index is 0.0459. The molecule has 4 nitrogen and oxygen atoms in total. The first-order chi connectivity index (χ1) is 22.1. The second-order valence-corrected chi connectivity index (χ2v) is 14.9. The summed E-state index contributed by atoms with van der Waals surface area (Å²) in [7, 11) is 0. The highest BCUT2D eigenvalue weighted by atomic mass is 16.1. The molecule has 0 saturated heterocycles. The molecule has 0 aromatic heterocycles. The van der Waals surface area contributed by atoms with Gasteiger partial charge in [-0.05, 0) is 25.2 Å². The maximum absolute atomic E-state index is 12.7. The average molecular weight is 632 g/mol. The van der Waals surface area contributed by atoms with Gasteiger partial charge in [-0.1, -0.05) is 201 Å². The van der Waals surface area contributed by atoms with Crippen LogP contribution < -0.4 is 5.73 Å². The SMILES string of the molecule is CCCCCCCCCCCCCCCCC(C(N)=O)C(CCC(C)CCCCCCCCCCCCCCC)N1C=NCC1. The Morgan fingerprint density at radius 2 is 0.956 bits per heavy atom. The highest BCUT2D eigenvalue weighted by Gasteiger charge is 2.31. The van der Waals surface area contributed by atoms with Gasteiger partial charge < -0.3 is 10.6 Å². The molecule has 4 heteroatoms. The van der Waals surface area contributed by atoms with Gasteiger partial charge in [0.05, 0.1) is 18.8 Å². The van der Waals surface area contributed by atoms with Gasteiger partial charge in [0.15, 0.2) is 0 Å². The lowest BCUT2D eigenvalue weighted by molar-refractivity contribution is -0.123. The maximum Gasteiger partial charge on any atom is 0.222 e. The monoisotopic (exact) mass is 632 g/mol. The van der Waals surface area contributed by atoms with Crippen LogP contribution in [0.2, 0.25) is 0 Å². The van der Waals surface area contributed by atoms with Gasteiger partial charge in [0.2, 0.25) is 5.91 Å². The highest BCUT2D eigenvalue weighted by Crippen LogP contribution is 2.27. The van der Waals surface area contributed by atoms with E-state index in [1.807, 2.05) is 6.34 Å². The lowest BCUT2D eigenvalue weighted by Gasteiger charge is -2.33. The van der Waals surface area contributed by atoms with Crippen LogP contribution in [0.3, 0.4) is 0 Å². The lowest BCUT2D eigenvalue weighted by atomic mass is 9.86. The van der Waals surface area contributed by atoms with Gasteiger partial charge in [-0.25, -0.2) is 0 Å². The Bertz CT molecular complexity index is 665. The quantitative estimate of drug-likeness (QED) is 0.0707. The first-order valence-corrected chi connectivity index (χ1v) is 20.6. The van der Waals surface area contributed by atoms with E-state index in [1.165, 1.54) is 180 Å². The van der Waals surface area contributed by atoms with Gasteiger partial charge in [-0.2, -0.15) is 0 Å². The lowest BCUT2D eigenvalue weighted by Crippen LogP contribution is -2.44. The van der Waals surface area contributed by atoms with Gasteiger partial charge in [0, 0.05) is 12.6 Å². The zero-order chi connectivity index (χ0) is 32.6. The summed E-state index contributed by atoms with van der Waals surface area (Å²) in [4.78, 5) is 19.5. The van der Waals surface area contributed by atoms with Crippen LogP contribution in [0, 0.1) is 11.8 Å². The Hall–Kier alpha value is -1.06. The van der Waals surface area contributed by atoms with Crippen molar-refractivity contribution in [3.63, 3.8) is 0 Å². The topological polar surface area (TPSA) is 58.7 Å². The van der Waals surface area contributed by atoms with Crippen molar-refractivity contribution in [1.82, 2.24) is 4.90 Å². The summed E-state index contributed by atoms with van der Waals surface area (Å²) in [5, 5.41) is 0. The Labute approximate surface area is 282 Å². The predicted molar refractivity (Wildman–Crippen MR) is 200 cm³/mol. The number of amides is 1. The third-order valence-corrected chi connectivity index (χ3v) is 10.6. The fraction of sp³-hybridized carbons (Fsp3) is 0.951. The number of carbonyl (C=O) groups excluding carboxylic acids is 1. The summed E-state index contributed by atoms with van der Waals surface area (Å²) in [5.74, 6) is 0.573. The largest absolute Gasteiger partial charge is 0.369 e. The van der Waals surface area contributed by atoms with E-state index in [-0.39, 0.29) is 17.9 Å². The maximum atomic E-state index is 12.7. The number of hydrogen-bond donors (Lipinski definition) is 1. The molecule has 0 aromatic carbocycles. The van der Waals surface area contributed by atoms with Crippen LogP contribution in [0.4, 0.5) is 0 Å². The highest BCUT2D eigenvalue weighted by molar-refractivity contribution is 5.78. The Kier molecular flexibility index (Phi) is 29.4. The molecule has 0 fully saturated rings. The van der Waals surface area contributed by atoms with Crippen molar-refractivity contribution in [3.05, 3.63) is 0 Å². The van der Waals surface area contributed by atoms with E-state index >= 15 is 0 Å². The van der Waals surface area contributed by atoms with Crippen molar-refractivity contribution in [2.75, 3.05) is 13.1 Å².